The van der Waals surface area contributed by atoms with Gasteiger partial charge < -0.3 is 10.8 Å². The van der Waals surface area contributed by atoms with Crippen LogP contribution in [0.5, 0.6) is 0 Å². The number of benzene rings is 1. The van der Waals surface area contributed by atoms with Crippen molar-refractivity contribution in [1.82, 2.24) is 0 Å². The third kappa shape index (κ3) is 1.71. The largest absolute Gasteiger partial charge is 0.393 e. The summed E-state index contributed by atoms with van der Waals surface area (Å²) in [6, 6.07) is 10.7. The fraction of sp³-hybridized carbons (Fsp3) is 0.600. The van der Waals surface area contributed by atoms with Gasteiger partial charge in [0.1, 0.15) is 0 Å². The second-order valence-electron chi connectivity index (χ2n) is 5.84. The van der Waals surface area contributed by atoms with Crippen LogP contribution < -0.4 is 5.73 Å². The Labute approximate surface area is 103 Å². The summed E-state index contributed by atoms with van der Waals surface area (Å²) in [6.45, 7) is 0. The molecule has 0 unspecified atom stereocenters. The third-order valence-corrected chi connectivity index (χ3v) is 4.88. The fourth-order valence-corrected chi connectivity index (χ4v) is 3.54. The van der Waals surface area contributed by atoms with E-state index < -0.39 is 0 Å². The van der Waals surface area contributed by atoms with Crippen molar-refractivity contribution in [2.75, 3.05) is 0 Å². The number of nitrogens with two attached hydrogens (primary N) is 1. The molecular formula is C15H21NO. The predicted molar refractivity (Wildman–Crippen MR) is 68.7 cm³/mol. The summed E-state index contributed by atoms with van der Waals surface area (Å²) in [7, 11) is 0. The Morgan fingerprint density at radius 3 is 2.12 bits per heavy atom. The summed E-state index contributed by atoms with van der Waals surface area (Å²) in [5.41, 5.74) is 8.05. The molecule has 17 heavy (non-hydrogen) atoms. The minimum absolute atomic E-state index is 0.00546. The molecule has 0 bridgehead atoms. The second-order valence-corrected chi connectivity index (χ2v) is 5.84. The molecule has 3 rings (SSSR count). The van der Waals surface area contributed by atoms with E-state index in [0.717, 1.165) is 38.5 Å². The Hall–Kier alpha value is -0.860. The molecule has 0 spiro atoms. The first-order valence-corrected chi connectivity index (χ1v) is 6.69. The van der Waals surface area contributed by atoms with E-state index in [1.165, 1.54) is 5.56 Å². The molecule has 2 heteroatoms. The molecule has 0 aliphatic heterocycles. The highest BCUT2D eigenvalue weighted by Gasteiger charge is 2.57. The van der Waals surface area contributed by atoms with Crippen molar-refractivity contribution in [3.8, 4) is 0 Å². The molecule has 2 aliphatic rings. The van der Waals surface area contributed by atoms with Gasteiger partial charge in [0, 0.05) is 11.0 Å². The predicted octanol–water partition coefficient (Wildman–Crippen LogP) is 2.35. The topological polar surface area (TPSA) is 46.2 Å². The molecule has 1 aromatic rings. The number of aliphatic hydroxyl groups is 1. The van der Waals surface area contributed by atoms with Crippen LogP contribution in [0.1, 0.15) is 44.1 Å². The van der Waals surface area contributed by atoms with Crippen LogP contribution in [0.3, 0.4) is 0 Å². The van der Waals surface area contributed by atoms with Gasteiger partial charge in [0.05, 0.1) is 6.10 Å². The Bertz CT molecular complexity index is 389. The Morgan fingerprint density at radius 2 is 1.59 bits per heavy atom. The van der Waals surface area contributed by atoms with Crippen LogP contribution in [0, 0.1) is 0 Å². The quantitative estimate of drug-likeness (QED) is 0.820. The molecule has 0 saturated heterocycles. The van der Waals surface area contributed by atoms with Crippen LogP contribution in [0.2, 0.25) is 0 Å². The lowest BCUT2D eigenvalue weighted by Crippen LogP contribution is -2.50. The molecule has 1 aromatic carbocycles. The zero-order valence-electron chi connectivity index (χ0n) is 10.2. The fourth-order valence-electron chi connectivity index (χ4n) is 3.54. The third-order valence-electron chi connectivity index (χ3n) is 4.88. The van der Waals surface area contributed by atoms with Gasteiger partial charge in [0.2, 0.25) is 0 Å². The van der Waals surface area contributed by atoms with Gasteiger partial charge in [-0.3, -0.25) is 0 Å². The summed E-state index contributed by atoms with van der Waals surface area (Å²) >= 11 is 0. The van der Waals surface area contributed by atoms with E-state index in [1.807, 2.05) is 0 Å². The first-order valence-electron chi connectivity index (χ1n) is 6.69. The lowest BCUT2D eigenvalue weighted by atomic mass is 9.63. The van der Waals surface area contributed by atoms with Gasteiger partial charge in [-0.2, -0.15) is 0 Å². The van der Waals surface area contributed by atoms with E-state index in [9.17, 15) is 5.11 Å². The normalized spacial score (nSPS) is 35.5. The van der Waals surface area contributed by atoms with Crippen molar-refractivity contribution in [3.63, 3.8) is 0 Å². The lowest BCUT2D eigenvalue weighted by Gasteiger charge is -2.44. The number of hydrogen-bond acceptors (Lipinski definition) is 2. The van der Waals surface area contributed by atoms with Gasteiger partial charge >= 0.3 is 0 Å². The van der Waals surface area contributed by atoms with Crippen LogP contribution in [0.4, 0.5) is 0 Å². The van der Waals surface area contributed by atoms with E-state index in [4.69, 9.17) is 5.73 Å². The molecule has 92 valence electrons. The second kappa shape index (κ2) is 3.82. The Kier molecular flexibility index (Phi) is 2.53. The Morgan fingerprint density at radius 1 is 1.00 bits per heavy atom. The first-order chi connectivity index (χ1) is 8.16. The maximum Gasteiger partial charge on any atom is 0.0541 e. The molecule has 2 aliphatic carbocycles. The maximum absolute atomic E-state index is 9.73. The molecule has 0 heterocycles. The van der Waals surface area contributed by atoms with Gasteiger partial charge in [-0.1, -0.05) is 30.3 Å². The average molecular weight is 231 g/mol. The first kappa shape index (κ1) is 11.2. The van der Waals surface area contributed by atoms with Gasteiger partial charge in [0.25, 0.3) is 0 Å². The van der Waals surface area contributed by atoms with Crippen LogP contribution in [-0.2, 0) is 5.41 Å². The smallest absolute Gasteiger partial charge is 0.0541 e. The van der Waals surface area contributed by atoms with Crippen LogP contribution in [0.15, 0.2) is 30.3 Å². The Balaban J connectivity index is 1.98. The van der Waals surface area contributed by atoms with E-state index in [2.05, 4.69) is 30.3 Å². The molecule has 0 radical (unpaired) electrons. The molecular weight excluding hydrogens is 210 g/mol. The van der Waals surface area contributed by atoms with E-state index >= 15 is 0 Å². The molecule has 2 saturated carbocycles. The summed E-state index contributed by atoms with van der Waals surface area (Å²) in [5, 5.41) is 9.73. The van der Waals surface area contributed by atoms with Crippen molar-refractivity contribution in [1.29, 1.82) is 0 Å². The van der Waals surface area contributed by atoms with Gasteiger partial charge in [-0.15, -0.1) is 0 Å². The molecule has 3 N–H and O–H groups in total. The summed E-state index contributed by atoms with van der Waals surface area (Å²) in [6.07, 6.45) is 6.02. The number of aliphatic hydroxyl groups excluding tert-OH is 1. The summed E-state index contributed by atoms with van der Waals surface area (Å²) in [4.78, 5) is 0. The molecule has 0 amide bonds. The molecule has 2 nitrogen and oxygen atoms in total. The maximum atomic E-state index is 9.73. The van der Waals surface area contributed by atoms with Gasteiger partial charge in [0.15, 0.2) is 0 Å². The molecule has 0 aromatic heterocycles. The van der Waals surface area contributed by atoms with Crippen molar-refractivity contribution in [2.24, 2.45) is 5.73 Å². The lowest BCUT2D eigenvalue weighted by molar-refractivity contribution is 0.0816. The van der Waals surface area contributed by atoms with Gasteiger partial charge in [-0.05, 0) is 44.1 Å². The van der Waals surface area contributed by atoms with E-state index in [0.29, 0.717) is 0 Å². The zero-order chi connectivity index (χ0) is 11.9. The highest BCUT2D eigenvalue weighted by atomic mass is 16.3. The van der Waals surface area contributed by atoms with E-state index in [-0.39, 0.29) is 17.1 Å². The van der Waals surface area contributed by atoms with Crippen LogP contribution >= 0.6 is 0 Å². The average Bonchev–Trinajstić information content (AvgIpc) is 3.11. The SMILES string of the molecule is NC1([C@]2(c3ccccc3)CC[C@@H](O)CC2)CC1. The summed E-state index contributed by atoms with van der Waals surface area (Å²) in [5.74, 6) is 0. The molecule has 0 atom stereocenters. The van der Waals surface area contributed by atoms with Gasteiger partial charge in [-0.25, -0.2) is 0 Å². The van der Waals surface area contributed by atoms with Crippen molar-refractivity contribution in [2.45, 2.75) is 55.6 Å². The van der Waals surface area contributed by atoms with Crippen molar-refractivity contribution < 1.29 is 5.11 Å². The monoisotopic (exact) mass is 231 g/mol. The van der Waals surface area contributed by atoms with Crippen LogP contribution in [-0.4, -0.2) is 16.7 Å². The minimum atomic E-state index is -0.116. The highest BCUT2D eigenvalue weighted by Crippen LogP contribution is 2.56. The van der Waals surface area contributed by atoms with E-state index in [1.54, 1.807) is 0 Å². The van der Waals surface area contributed by atoms with Crippen LogP contribution in [0.25, 0.3) is 0 Å². The zero-order valence-corrected chi connectivity index (χ0v) is 10.2. The minimum Gasteiger partial charge on any atom is -0.393 e. The summed E-state index contributed by atoms with van der Waals surface area (Å²) < 4.78 is 0. The highest BCUT2D eigenvalue weighted by molar-refractivity contribution is 5.35. The molecule has 2 fully saturated rings. The van der Waals surface area contributed by atoms with Crippen molar-refractivity contribution >= 4 is 0 Å². The number of hydrogen-bond donors (Lipinski definition) is 2. The van der Waals surface area contributed by atoms with Crippen molar-refractivity contribution in [3.05, 3.63) is 35.9 Å². The standard InChI is InChI=1S/C15H21NO/c16-15(10-11-15)14(8-6-13(17)7-9-14)12-4-2-1-3-5-12/h1-5,13,17H,6-11,16H2/t13-,14-. The number of rotatable bonds is 2.